The number of thioether (sulfide) groups is 1. The molecule has 0 radical (unpaired) electrons. The number of aromatic nitrogens is 1. The molecule has 5 nitrogen and oxygen atoms in total. The summed E-state index contributed by atoms with van der Waals surface area (Å²) in [6, 6.07) is 2.88. The summed E-state index contributed by atoms with van der Waals surface area (Å²) in [6.07, 6.45) is 6.01. The first-order valence-corrected chi connectivity index (χ1v) is 7.18. The fourth-order valence-corrected chi connectivity index (χ4v) is 2.42. The van der Waals surface area contributed by atoms with Crippen molar-refractivity contribution in [2.75, 3.05) is 5.75 Å². The Morgan fingerprint density at radius 2 is 2.11 bits per heavy atom. The summed E-state index contributed by atoms with van der Waals surface area (Å²) in [5, 5.41) is 11.6. The van der Waals surface area contributed by atoms with Gasteiger partial charge < -0.3 is 10.4 Å². The molecule has 19 heavy (non-hydrogen) atoms. The molecule has 1 aliphatic rings. The van der Waals surface area contributed by atoms with Crippen molar-refractivity contribution >= 4 is 23.6 Å². The van der Waals surface area contributed by atoms with E-state index in [9.17, 15) is 9.59 Å². The lowest BCUT2D eigenvalue weighted by molar-refractivity contribution is -0.141. The molecular weight excluding hydrogens is 264 g/mol. The van der Waals surface area contributed by atoms with Crippen molar-refractivity contribution in [3.05, 3.63) is 24.5 Å². The van der Waals surface area contributed by atoms with Crippen molar-refractivity contribution in [1.82, 2.24) is 10.3 Å². The number of carbonyl (C=O) groups excluding carboxylic acids is 1. The number of carboxylic acid groups (broad SMARTS) is 1. The number of carbonyl (C=O) groups is 2. The summed E-state index contributed by atoms with van der Waals surface area (Å²) in [6.45, 7) is 0. The molecule has 102 valence electrons. The maximum atomic E-state index is 11.7. The normalized spacial score (nSPS) is 15.8. The van der Waals surface area contributed by atoms with E-state index in [1.165, 1.54) is 11.8 Å². The zero-order valence-electron chi connectivity index (χ0n) is 10.4. The van der Waals surface area contributed by atoms with Crippen LogP contribution < -0.4 is 5.32 Å². The van der Waals surface area contributed by atoms with E-state index in [4.69, 9.17) is 5.11 Å². The topological polar surface area (TPSA) is 79.3 Å². The average Bonchev–Trinajstić information content (AvgIpc) is 3.21. The van der Waals surface area contributed by atoms with Crippen molar-refractivity contribution in [2.24, 2.45) is 5.92 Å². The van der Waals surface area contributed by atoms with Gasteiger partial charge in [0.05, 0.1) is 5.75 Å². The van der Waals surface area contributed by atoms with Gasteiger partial charge in [-0.25, -0.2) is 4.79 Å². The van der Waals surface area contributed by atoms with Gasteiger partial charge >= 0.3 is 5.97 Å². The fraction of sp³-hybridized carbons (Fsp3) is 0.462. The third-order valence-electron chi connectivity index (χ3n) is 2.92. The third-order valence-corrected chi connectivity index (χ3v) is 3.93. The van der Waals surface area contributed by atoms with Gasteiger partial charge in [-0.3, -0.25) is 9.78 Å². The standard InChI is InChI=1S/C13H16N2O3S/c16-12(8-19-10-3-5-14-6-4-10)15-11(13(17)18)7-9-1-2-9/h3-6,9,11H,1-2,7-8H2,(H,15,16)(H,17,18)/t11-/m0/s1. The lowest BCUT2D eigenvalue weighted by Crippen LogP contribution is -2.41. The second kappa shape index (κ2) is 6.56. The molecule has 1 aliphatic carbocycles. The fourth-order valence-electron chi connectivity index (χ4n) is 1.73. The number of pyridine rings is 1. The van der Waals surface area contributed by atoms with Crippen LogP contribution in [0.3, 0.4) is 0 Å². The Morgan fingerprint density at radius 3 is 2.68 bits per heavy atom. The Labute approximate surface area is 115 Å². The summed E-state index contributed by atoms with van der Waals surface area (Å²) in [5.74, 6) is -0.503. The number of nitrogens with one attached hydrogen (secondary N) is 1. The molecule has 1 aromatic heterocycles. The number of aliphatic carboxylic acids is 1. The van der Waals surface area contributed by atoms with Crippen LogP contribution in [0, 0.1) is 5.92 Å². The van der Waals surface area contributed by atoms with Gasteiger partial charge in [-0.15, -0.1) is 11.8 Å². The molecule has 1 heterocycles. The molecule has 1 atom stereocenters. The zero-order valence-corrected chi connectivity index (χ0v) is 11.2. The lowest BCUT2D eigenvalue weighted by atomic mass is 10.1. The molecule has 1 saturated carbocycles. The van der Waals surface area contributed by atoms with E-state index in [0.29, 0.717) is 12.3 Å². The first-order valence-electron chi connectivity index (χ1n) is 6.20. The van der Waals surface area contributed by atoms with Gasteiger partial charge in [0.1, 0.15) is 6.04 Å². The van der Waals surface area contributed by atoms with Gasteiger partial charge in [0.15, 0.2) is 0 Å². The monoisotopic (exact) mass is 280 g/mol. The predicted molar refractivity (Wildman–Crippen MR) is 71.9 cm³/mol. The minimum absolute atomic E-state index is 0.221. The summed E-state index contributed by atoms with van der Waals surface area (Å²) < 4.78 is 0. The number of nitrogens with zero attached hydrogens (tertiary/aromatic N) is 1. The zero-order chi connectivity index (χ0) is 13.7. The van der Waals surface area contributed by atoms with E-state index in [1.807, 2.05) is 12.1 Å². The Bertz CT molecular complexity index is 448. The SMILES string of the molecule is O=C(CSc1ccncc1)N[C@@H](CC1CC1)C(=O)O. The molecule has 1 aromatic rings. The Hall–Kier alpha value is -1.56. The minimum atomic E-state index is -0.950. The Morgan fingerprint density at radius 1 is 1.42 bits per heavy atom. The Kier molecular flexibility index (Phi) is 4.79. The highest BCUT2D eigenvalue weighted by atomic mass is 32.2. The number of hydrogen-bond donors (Lipinski definition) is 2. The molecule has 6 heteroatoms. The van der Waals surface area contributed by atoms with Crippen LogP contribution in [-0.2, 0) is 9.59 Å². The van der Waals surface area contributed by atoms with E-state index in [2.05, 4.69) is 10.3 Å². The van der Waals surface area contributed by atoms with Crippen LogP contribution >= 0.6 is 11.8 Å². The minimum Gasteiger partial charge on any atom is -0.480 e. The number of rotatable bonds is 7. The van der Waals surface area contributed by atoms with Crippen LogP contribution in [0.25, 0.3) is 0 Å². The summed E-state index contributed by atoms with van der Waals surface area (Å²) >= 11 is 1.37. The van der Waals surface area contributed by atoms with E-state index < -0.39 is 12.0 Å². The molecule has 1 fully saturated rings. The van der Waals surface area contributed by atoms with E-state index >= 15 is 0 Å². The first-order chi connectivity index (χ1) is 9.15. The highest BCUT2D eigenvalue weighted by Gasteiger charge is 2.30. The van der Waals surface area contributed by atoms with Crippen molar-refractivity contribution in [2.45, 2.75) is 30.2 Å². The van der Waals surface area contributed by atoms with Crippen LogP contribution in [0.4, 0.5) is 0 Å². The maximum absolute atomic E-state index is 11.7. The van der Waals surface area contributed by atoms with Gasteiger partial charge in [-0.2, -0.15) is 0 Å². The van der Waals surface area contributed by atoms with Crippen LogP contribution in [0.5, 0.6) is 0 Å². The summed E-state index contributed by atoms with van der Waals surface area (Å²) in [4.78, 5) is 27.6. The molecule has 2 N–H and O–H groups in total. The molecule has 1 amide bonds. The van der Waals surface area contributed by atoms with Gasteiger partial charge in [-0.05, 0) is 24.5 Å². The Balaban J connectivity index is 1.77. The van der Waals surface area contributed by atoms with Gasteiger partial charge in [0.2, 0.25) is 5.91 Å². The summed E-state index contributed by atoms with van der Waals surface area (Å²) in [5.41, 5.74) is 0. The van der Waals surface area contributed by atoms with Crippen molar-refractivity contribution in [3.63, 3.8) is 0 Å². The molecule has 0 spiro atoms. The molecule has 2 rings (SSSR count). The quantitative estimate of drug-likeness (QED) is 0.741. The van der Waals surface area contributed by atoms with Crippen molar-refractivity contribution < 1.29 is 14.7 Å². The summed E-state index contributed by atoms with van der Waals surface area (Å²) in [7, 11) is 0. The largest absolute Gasteiger partial charge is 0.480 e. The third kappa shape index (κ3) is 4.90. The second-order valence-electron chi connectivity index (χ2n) is 4.61. The first kappa shape index (κ1) is 13.9. The molecule has 0 unspecified atom stereocenters. The number of carboxylic acids is 1. The maximum Gasteiger partial charge on any atom is 0.326 e. The second-order valence-corrected chi connectivity index (χ2v) is 5.66. The number of amides is 1. The molecule has 0 aromatic carbocycles. The lowest BCUT2D eigenvalue weighted by Gasteiger charge is -2.13. The highest BCUT2D eigenvalue weighted by Crippen LogP contribution is 2.33. The number of hydrogen-bond acceptors (Lipinski definition) is 4. The van der Waals surface area contributed by atoms with Crippen LogP contribution in [0.2, 0.25) is 0 Å². The highest BCUT2D eigenvalue weighted by molar-refractivity contribution is 8.00. The van der Waals surface area contributed by atoms with E-state index in [1.54, 1.807) is 12.4 Å². The van der Waals surface area contributed by atoms with Crippen molar-refractivity contribution in [1.29, 1.82) is 0 Å². The van der Waals surface area contributed by atoms with Gasteiger partial charge in [0, 0.05) is 17.3 Å². The smallest absolute Gasteiger partial charge is 0.326 e. The molecule has 0 bridgehead atoms. The van der Waals surface area contributed by atoms with Crippen LogP contribution in [0.1, 0.15) is 19.3 Å². The molecule has 0 aliphatic heterocycles. The van der Waals surface area contributed by atoms with Crippen LogP contribution in [0.15, 0.2) is 29.4 Å². The van der Waals surface area contributed by atoms with Gasteiger partial charge in [-0.1, -0.05) is 12.8 Å². The molecule has 0 saturated heterocycles. The van der Waals surface area contributed by atoms with Crippen molar-refractivity contribution in [3.8, 4) is 0 Å². The van der Waals surface area contributed by atoms with Crippen LogP contribution in [-0.4, -0.2) is 33.8 Å². The molecular formula is C13H16N2O3S. The average molecular weight is 280 g/mol. The van der Waals surface area contributed by atoms with E-state index in [-0.39, 0.29) is 11.7 Å². The predicted octanol–water partition coefficient (Wildman–Crippen LogP) is 1.54. The van der Waals surface area contributed by atoms with E-state index in [0.717, 1.165) is 17.7 Å². The van der Waals surface area contributed by atoms with Gasteiger partial charge in [0.25, 0.3) is 0 Å².